The molecule has 1 aromatic heterocycles. The Morgan fingerprint density at radius 2 is 2.18 bits per heavy atom. The number of H-pyrrole nitrogens is 1. The molecule has 1 atom stereocenters. The second-order valence-electron chi connectivity index (χ2n) is 7.14. The third-order valence-corrected chi connectivity index (χ3v) is 3.98. The molecule has 1 fully saturated rings. The summed E-state index contributed by atoms with van der Waals surface area (Å²) in [6.45, 7) is 6.82. The van der Waals surface area contributed by atoms with Crippen molar-refractivity contribution in [1.82, 2.24) is 20.4 Å². The van der Waals surface area contributed by atoms with Gasteiger partial charge in [0.25, 0.3) is 0 Å². The Hall–Kier alpha value is -1.85. The molecule has 1 aliphatic heterocycles. The molecule has 1 aliphatic rings. The van der Waals surface area contributed by atoms with E-state index in [0.29, 0.717) is 19.4 Å². The van der Waals surface area contributed by atoms with E-state index in [1.54, 1.807) is 11.9 Å². The van der Waals surface area contributed by atoms with Crippen molar-refractivity contribution in [2.24, 2.45) is 0 Å². The number of amides is 2. The molecular formula is C16H26N4O2. The number of hydrogen-bond donors (Lipinski definition) is 2. The lowest BCUT2D eigenvalue weighted by molar-refractivity contribution is -0.131. The van der Waals surface area contributed by atoms with Gasteiger partial charge in [-0.1, -0.05) is 20.8 Å². The molecular weight excluding hydrogens is 280 g/mol. The van der Waals surface area contributed by atoms with Crippen LogP contribution in [0.2, 0.25) is 0 Å². The first kappa shape index (κ1) is 16.5. The van der Waals surface area contributed by atoms with Gasteiger partial charge >= 0.3 is 0 Å². The van der Waals surface area contributed by atoms with E-state index in [1.807, 2.05) is 6.07 Å². The van der Waals surface area contributed by atoms with Gasteiger partial charge in [-0.05, 0) is 18.9 Å². The molecule has 0 aromatic carbocycles. The van der Waals surface area contributed by atoms with Crippen LogP contribution in [0.3, 0.4) is 0 Å². The molecule has 6 heteroatoms. The van der Waals surface area contributed by atoms with E-state index < -0.39 is 0 Å². The van der Waals surface area contributed by atoms with Gasteiger partial charge in [0.15, 0.2) is 0 Å². The summed E-state index contributed by atoms with van der Waals surface area (Å²) < 4.78 is 0. The summed E-state index contributed by atoms with van der Waals surface area (Å²) in [5, 5.41) is 10.2. The molecule has 2 heterocycles. The summed E-state index contributed by atoms with van der Waals surface area (Å²) in [5.74, 6) is 0.0919. The minimum Gasteiger partial charge on any atom is -0.353 e. The summed E-state index contributed by atoms with van der Waals surface area (Å²) in [5.41, 5.74) is 1.90. The van der Waals surface area contributed by atoms with Gasteiger partial charge in [0.1, 0.15) is 0 Å². The maximum atomic E-state index is 12.3. The van der Waals surface area contributed by atoms with E-state index in [0.717, 1.165) is 24.2 Å². The van der Waals surface area contributed by atoms with Crippen molar-refractivity contribution in [1.29, 1.82) is 0 Å². The second-order valence-corrected chi connectivity index (χ2v) is 7.14. The van der Waals surface area contributed by atoms with Gasteiger partial charge in [-0.15, -0.1) is 0 Å². The van der Waals surface area contributed by atoms with Gasteiger partial charge in [0.05, 0.1) is 17.9 Å². The van der Waals surface area contributed by atoms with Gasteiger partial charge in [-0.3, -0.25) is 14.7 Å². The number of aromatic nitrogens is 2. The zero-order valence-corrected chi connectivity index (χ0v) is 13.9. The minimum absolute atomic E-state index is 0.0102. The Kier molecular flexibility index (Phi) is 4.88. The Morgan fingerprint density at radius 1 is 1.45 bits per heavy atom. The van der Waals surface area contributed by atoms with Crippen LogP contribution >= 0.6 is 0 Å². The van der Waals surface area contributed by atoms with Crippen molar-refractivity contribution in [3.8, 4) is 0 Å². The summed E-state index contributed by atoms with van der Waals surface area (Å²) in [6.07, 6.45) is 2.68. The number of hydrogen-bond acceptors (Lipinski definition) is 3. The van der Waals surface area contributed by atoms with Gasteiger partial charge in [-0.25, -0.2) is 0 Å². The molecule has 0 aliphatic carbocycles. The van der Waals surface area contributed by atoms with Crippen LogP contribution in [-0.4, -0.2) is 40.0 Å². The molecule has 2 rings (SSSR count). The van der Waals surface area contributed by atoms with Crippen molar-refractivity contribution < 1.29 is 9.59 Å². The first-order valence-electron chi connectivity index (χ1n) is 7.84. The van der Waals surface area contributed by atoms with Gasteiger partial charge < -0.3 is 10.2 Å². The van der Waals surface area contributed by atoms with Crippen LogP contribution in [0.1, 0.15) is 57.8 Å². The summed E-state index contributed by atoms with van der Waals surface area (Å²) in [7, 11) is 1.78. The van der Waals surface area contributed by atoms with Gasteiger partial charge in [0.2, 0.25) is 11.8 Å². The normalized spacial score (nSPS) is 18.9. The molecule has 0 saturated carbocycles. The van der Waals surface area contributed by atoms with Gasteiger partial charge in [-0.2, -0.15) is 5.10 Å². The van der Waals surface area contributed by atoms with Crippen molar-refractivity contribution >= 4 is 11.8 Å². The molecule has 22 heavy (non-hydrogen) atoms. The number of nitrogens with zero attached hydrogens (tertiary/aromatic N) is 2. The fourth-order valence-electron chi connectivity index (χ4n) is 2.57. The minimum atomic E-state index is -0.0249. The highest BCUT2D eigenvalue weighted by molar-refractivity contribution is 5.80. The quantitative estimate of drug-likeness (QED) is 0.889. The summed E-state index contributed by atoms with van der Waals surface area (Å²) in [6, 6.07) is 1.98. The molecule has 1 unspecified atom stereocenters. The predicted octanol–water partition coefficient (Wildman–Crippen LogP) is 1.72. The number of aromatic amines is 1. The van der Waals surface area contributed by atoms with Crippen LogP contribution in [-0.2, 0) is 21.5 Å². The zero-order valence-electron chi connectivity index (χ0n) is 13.9. The SMILES string of the molecule is CN(Cc1cc(C(C)(C)C)n[nH]1)C(=O)CC1CCCC(=O)N1. The number of piperidine rings is 1. The second kappa shape index (κ2) is 6.50. The van der Waals surface area contributed by atoms with Crippen LogP contribution in [0.25, 0.3) is 0 Å². The first-order chi connectivity index (χ1) is 10.3. The third-order valence-electron chi connectivity index (χ3n) is 3.98. The highest BCUT2D eigenvalue weighted by Crippen LogP contribution is 2.21. The monoisotopic (exact) mass is 306 g/mol. The van der Waals surface area contributed by atoms with E-state index >= 15 is 0 Å². The van der Waals surface area contributed by atoms with E-state index in [-0.39, 0.29) is 23.3 Å². The van der Waals surface area contributed by atoms with Crippen molar-refractivity contribution in [3.63, 3.8) is 0 Å². The Bertz CT molecular complexity index is 545. The molecule has 1 saturated heterocycles. The first-order valence-corrected chi connectivity index (χ1v) is 7.84. The van der Waals surface area contributed by atoms with Crippen LogP contribution < -0.4 is 5.32 Å². The average Bonchev–Trinajstić information content (AvgIpc) is 2.87. The van der Waals surface area contributed by atoms with Crippen molar-refractivity contribution in [2.45, 2.75) is 64.5 Å². The summed E-state index contributed by atoms with van der Waals surface area (Å²) in [4.78, 5) is 25.3. The lowest BCUT2D eigenvalue weighted by Gasteiger charge is -2.25. The zero-order chi connectivity index (χ0) is 16.3. The lowest BCUT2D eigenvalue weighted by atomic mass is 9.92. The Balaban J connectivity index is 1.88. The van der Waals surface area contributed by atoms with Crippen molar-refractivity contribution in [3.05, 3.63) is 17.5 Å². The van der Waals surface area contributed by atoms with E-state index in [2.05, 4.69) is 36.3 Å². The molecule has 0 bridgehead atoms. The van der Waals surface area contributed by atoms with Crippen LogP contribution in [0.15, 0.2) is 6.07 Å². The molecule has 2 N–H and O–H groups in total. The Labute approximate surface area is 131 Å². The molecule has 122 valence electrons. The summed E-state index contributed by atoms with van der Waals surface area (Å²) >= 11 is 0. The molecule has 0 radical (unpaired) electrons. The third kappa shape index (κ3) is 4.32. The standard InChI is InChI=1S/C16H26N4O2/c1-16(2,3)13-8-12(18-19-13)10-20(4)15(22)9-11-6-5-7-14(21)17-11/h8,11H,5-7,9-10H2,1-4H3,(H,17,21)(H,18,19). The fraction of sp³-hybridized carbons (Fsp3) is 0.688. The van der Waals surface area contributed by atoms with E-state index in [4.69, 9.17) is 0 Å². The van der Waals surface area contributed by atoms with E-state index in [1.165, 1.54) is 0 Å². The smallest absolute Gasteiger partial charge is 0.224 e. The largest absolute Gasteiger partial charge is 0.353 e. The highest BCUT2D eigenvalue weighted by atomic mass is 16.2. The van der Waals surface area contributed by atoms with Crippen LogP contribution in [0.5, 0.6) is 0 Å². The van der Waals surface area contributed by atoms with Crippen molar-refractivity contribution in [2.75, 3.05) is 7.05 Å². The maximum Gasteiger partial charge on any atom is 0.224 e. The topological polar surface area (TPSA) is 78.1 Å². The highest BCUT2D eigenvalue weighted by Gasteiger charge is 2.23. The molecule has 2 amide bonds. The lowest BCUT2D eigenvalue weighted by Crippen LogP contribution is -2.42. The Morgan fingerprint density at radius 3 is 2.77 bits per heavy atom. The van der Waals surface area contributed by atoms with Crippen LogP contribution in [0.4, 0.5) is 0 Å². The fourth-order valence-corrected chi connectivity index (χ4v) is 2.57. The van der Waals surface area contributed by atoms with Gasteiger partial charge in [0, 0.05) is 31.3 Å². The number of rotatable bonds is 4. The molecule has 0 spiro atoms. The van der Waals surface area contributed by atoms with Crippen LogP contribution in [0, 0.1) is 0 Å². The predicted molar refractivity (Wildman–Crippen MR) is 84.2 cm³/mol. The maximum absolute atomic E-state index is 12.3. The number of carbonyl (C=O) groups is 2. The molecule has 1 aromatic rings. The number of carbonyl (C=O) groups excluding carboxylic acids is 2. The van der Waals surface area contributed by atoms with E-state index in [9.17, 15) is 9.59 Å². The molecule has 6 nitrogen and oxygen atoms in total. The number of nitrogens with one attached hydrogen (secondary N) is 2. The average molecular weight is 306 g/mol.